The zero-order valence-corrected chi connectivity index (χ0v) is 13.3. The Labute approximate surface area is 128 Å². The smallest absolute Gasteiger partial charge is 0.120 e. The summed E-state index contributed by atoms with van der Waals surface area (Å²) < 4.78 is 0. The SMILES string of the molecule is CCCN(C1CC2CCC(C1)N2)C(C)c1ccccc1O. The Bertz CT molecular complexity index is 464. The summed E-state index contributed by atoms with van der Waals surface area (Å²) in [5.74, 6) is 0.433. The highest BCUT2D eigenvalue weighted by Gasteiger charge is 2.37. The van der Waals surface area contributed by atoms with Gasteiger partial charge in [-0.2, -0.15) is 0 Å². The number of hydrogen-bond donors (Lipinski definition) is 2. The van der Waals surface area contributed by atoms with E-state index in [0.29, 0.717) is 23.9 Å². The molecule has 0 aromatic heterocycles. The van der Waals surface area contributed by atoms with Gasteiger partial charge in [0, 0.05) is 29.7 Å². The molecule has 0 radical (unpaired) electrons. The van der Waals surface area contributed by atoms with Gasteiger partial charge in [-0.25, -0.2) is 0 Å². The van der Waals surface area contributed by atoms with Crippen LogP contribution < -0.4 is 5.32 Å². The van der Waals surface area contributed by atoms with Gasteiger partial charge in [-0.1, -0.05) is 25.1 Å². The van der Waals surface area contributed by atoms with E-state index in [-0.39, 0.29) is 6.04 Å². The van der Waals surface area contributed by atoms with Crippen LogP contribution in [0, 0.1) is 0 Å². The van der Waals surface area contributed by atoms with Crippen LogP contribution in [0.2, 0.25) is 0 Å². The van der Waals surface area contributed by atoms with E-state index < -0.39 is 0 Å². The molecule has 0 amide bonds. The molecular weight excluding hydrogens is 260 g/mol. The number of phenolic OH excluding ortho intramolecular Hbond substituents is 1. The number of phenols is 1. The van der Waals surface area contributed by atoms with E-state index in [9.17, 15) is 5.11 Å². The fourth-order valence-electron chi connectivity index (χ4n) is 4.27. The Hall–Kier alpha value is -1.06. The lowest BCUT2D eigenvalue weighted by atomic mass is 9.94. The number of para-hydroxylation sites is 1. The summed E-state index contributed by atoms with van der Waals surface area (Å²) >= 11 is 0. The zero-order chi connectivity index (χ0) is 14.8. The Morgan fingerprint density at radius 3 is 2.52 bits per heavy atom. The van der Waals surface area contributed by atoms with Gasteiger partial charge in [0.05, 0.1) is 0 Å². The largest absolute Gasteiger partial charge is 0.508 e. The molecule has 3 heteroatoms. The first-order valence-electron chi connectivity index (χ1n) is 8.48. The number of benzene rings is 1. The number of piperidine rings is 1. The van der Waals surface area contributed by atoms with Crippen molar-refractivity contribution < 1.29 is 5.11 Å². The second-order valence-electron chi connectivity index (χ2n) is 6.74. The maximum atomic E-state index is 10.2. The molecular formula is C18H28N2O. The van der Waals surface area contributed by atoms with Gasteiger partial charge in [0.1, 0.15) is 5.75 Å². The van der Waals surface area contributed by atoms with Crippen molar-refractivity contribution in [1.82, 2.24) is 10.2 Å². The molecule has 0 spiro atoms. The van der Waals surface area contributed by atoms with Crippen molar-refractivity contribution in [3.8, 4) is 5.75 Å². The first kappa shape index (κ1) is 14.9. The third-order valence-corrected chi connectivity index (χ3v) is 5.28. The number of nitrogens with one attached hydrogen (secondary N) is 1. The summed E-state index contributed by atoms with van der Waals surface area (Å²) in [6, 6.07) is 10.2. The second-order valence-corrected chi connectivity index (χ2v) is 6.74. The molecule has 2 heterocycles. The maximum Gasteiger partial charge on any atom is 0.120 e. The molecule has 0 aliphatic carbocycles. The van der Waals surface area contributed by atoms with E-state index in [2.05, 4.69) is 30.1 Å². The van der Waals surface area contributed by atoms with Gasteiger partial charge in [0.15, 0.2) is 0 Å². The highest BCUT2D eigenvalue weighted by atomic mass is 16.3. The van der Waals surface area contributed by atoms with E-state index in [1.54, 1.807) is 0 Å². The summed E-state index contributed by atoms with van der Waals surface area (Å²) in [5, 5.41) is 13.9. The van der Waals surface area contributed by atoms with Crippen LogP contribution in [0.5, 0.6) is 5.75 Å². The molecule has 2 aliphatic rings. The quantitative estimate of drug-likeness (QED) is 0.871. The third-order valence-electron chi connectivity index (χ3n) is 5.28. The van der Waals surface area contributed by atoms with Crippen LogP contribution in [-0.4, -0.2) is 34.7 Å². The van der Waals surface area contributed by atoms with Gasteiger partial charge in [0.25, 0.3) is 0 Å². The minimum atomic E-state index is 0.286. The van der Waals surface area contributed by atoms with Crippen LogP contribution in [0.15, 0.2) is 24.3 Å². The topological polar surface area (TPSA) is 35.5 Å². The van der Waals surface area contributed by atoms with Crippen LogP contribution in [0.25, 0.3) is 0 Å². The van der Waals surface area contributed by atoms with E-state index >= 15 is 0 Å². The van der Waals surface area contributed by atoms with Crippen molar-refractivity contribution in [1.29, 1.82) is 0 Å². The first-order chi connectivity index (χ1) is 10.2. The summed E-state index contributed by atoms with van der Waals surface area (Å²) in [6.45, 7) is 5.61. The minimum absolute atomic E-state index is 0.286. The highest BCUT2D eigenvalue weighted by Crippen LogP contribution is 2.36. The Morgan fingerprint density at radius 2 is 1.90 bits per heavy atom. The molecule has 3 atom stereocenters. The lowest BCUT2D eigenvalue weighted by Crippen LogP contribution is -2.49. The van der Waals surface area contributed by atoms with Crippen LogP contribution in [0.4, 0.5) is 0 Å². The lowest BCUT2D eigenvalue weighted by Gasteiger charge is -2.41. The zero-order valence-electron chi connectivity index (χ0n) is 13.3. The minimum Gasteiger partial charge on any atom is -0.508 e. The van der Waals surface area contributed by atoms with Crippen LogP contribution in [0.3, 0.4) is 0 Å². The van der Waals surface area contributed by atoms with Crippen LogP contribution in [-0.2, 0) is 0 Å². The predicted molar refractivity (Wildman–Crippen MR) is 86.5 cm³/mol. The molecule has 21 heavy (non-hydrogen) atoms. The number of hydrogen-bond acceptors (Lipinski definition) is 3. The number of fused-ring (bicyclic) bond motifs is 2. The molecule has 3 unspecified atom stereocenters. The Kier molecular flexibility index (Phi) is 4.51. The predicted octanol–water partition coefficient (Wildman–Crippen LogP) is 3.45. The summed E-state index contributed by atoms with van der Waals surface area (Å²) in [6.07, 6.45) is 6.36. The molecule has 116 valence electrons. The molecule has 2 fully saturated rings. The number of rotatable bonds is 5. The van der Waals surface area contributed by atoms with Crippen LogP contribution in [0.1, 0.15) is 57.6 Å². The molecule has 2 aliphatic heterocycles. The molecule has 0 saturated carbocycles. The average molecular weight is 288 g/mol. The normalized spacial score (nSPS) is 29.8. The van der Waals surface area contributed by atoms with Gasteiger partial charge in [-0.15, -0.1) is 0 Å². The fourth-order valence-corrected chi connectivity index (χ4v) is 4.27. The van der Waals surface area contributed by atoms with E-state index in [0.717, 1.165) is 18.5 Å². The van der Waals surface area contributed by atoms with Gasteiger partial charge >= 0.3 is 0 Å². The monoisotopic (exact) mass is 288 g/mol. The number of aromatic hydroxyl groups is 1. The van der Waals surface area contributed by atoms with Crippen molar-refractivity contribution in [2.75, 3.05) is 6.54 Å². The van der Waals surface area contributed by atoms with Crippen molar-refractivity contribution in [2.45, 2.75) is 70.1 Å². The van der Waals surface area contributed by atoms with Gasteiger partial charge in [-0.05, 0) is 51.6 Å². The molecule has 3 nitrogen and oxygen atoms in total. The summed E-state index contributed by atoms with van der Waals surface area (Å²) in [7, 11) is 0. The maximum absolute atomic E-state index is 10.2. The van der Waals surface area contributed by atoms with E-state index in [1.165, 1.54) is 25.7 Å². The van der Waals surface area contributed by atoms with E-state index in [1.807, 2.05) is 18.2 Å². The van der Waals surface area contributed by atoms with Gasteiger partial charge in [0.2, 0.25) is 0 Å². The Balaban J connectivity index is 1.79. The molecule has 3 rings (SSSR count). The molecule has 1 aromatic carbocycles. The van der Waals surface area contributed by atoms with Crippen LogP contribution >= 0.6 is 0 Å². The fraction of sp³-hybridized carbons (Fsp3) is 0.667. The van der Waals surface area contributed by atoms with Crippen molar-refractivity contribution in [3.05, 3.63) is 29.8 Å². The standard InChI is InChI=1S/C18H28N2O/c1-3-10-20(13(2)17-6-4-5-7-18(17)21)16-11-14-8-9-15(12-16)19-14/h4-7,13-16,19,21H,3,8-12H2,1-2H3. The van der Waals surface area contributed by atoms with Crippen molar-refractivity contribution in [3.63, 3.8) is 0 Å². The van der Waals surface area contributed by atoms with Gasteiger partial charge in [-0.3, -0.25) is 4.90 Å². The molecule has 1 aromatic rings. The lowest BCUT2D eigenvalue weighted by molar-refractivity contribution is 0.0998. The number of nitrogens with zero attached hydrogens (tertiary/aromatic N) is 1. The van der Waals surface area contributed by atoms with Crippen molar-refractivity contribution >= 4 is 0 Å². The summed E-state index contributed by atoms with van der Waals surface area (Å²) in [4.78, 5) is 2.63. The van der Waals surface area contributed by atoms with E-state index in [4.69, 9.17) is 0 Å². The second kappa shape index (κ2) is 6.37. The summed E-state index contributed by atoms with van der Waals surface area (Å²) in [5.41, 5.74) is 1.07. The first-order valence-corrected chi connectivity index (χ1v) is 8.48. The molecule has 2 bridgehead atoms. The van der Waals surface area contributed by atoms with Crippen molar-refractivity contribution in [2.24, 2.45) is 0 Å². The Morgan fingerprint density at radius 1 is 1.24 bits per heavy atom. The highest BCUT2D eigenvalue weighted by molar-refractivity contribution is 5.34. The average Bonchev–Trinajstić information content (AvgIpc) is 2.83. The molecule has 2 saturated heterocycles. The van der Waals surface area contributed by atoms with Gasteiger partial charge < -0.3 is 10.4 Å². The molecule has 2 N–H and O–H groups in total. The third kappa shape index (κ3) is 3.09.